The van der Waals surface area contributed by atoms with Crippen LogP contribution in [0.5, 0.6) is 17.2 Å². The highest BCUT2D eigenvalue weighted by molar-refractivity contribution is 7.80. The van der Waals surface area contributed by atoms with Crippen LogP contribution in [0.25, 0.3) is 10.9 Å². The second-order valence-electron chi connectivity index (χ2n) is 7.92. The number of hydrogen-bond acceptors (Lipinski definition) is 5. The van der Waals surface area contributed by atoms with Crippen molar-refractivity contribution in [2.24, 2.45) is 0 Å². The fourth-order valence-corrected chi connectivity index (χ4v) is 4.11. The van der Waals surface area contributed by atoms with Crippen LogP contribution in [-0.4, -0.2) is 28.9 Å². The molecule has 4 aromatic rings. The molecule has 34 heavy (non-hydrogen) atoms. The van der Waals surface area contributed by atoms with E-state index in [1.54, 1.807) is 7.11 Å². The number of thiocarbonyl (C=S) groups is 1. The Morgan fingerprint density at radius 3 is 2.68 bits per heavy atom. The van der Waals surface area contributed by atoms with Crippen LogP contribution in [0.15, 0.2) is 77.6 Å². The molecule has 2 heterocycles. The summed E-state index contributed by atoms with van der Waals surface area (Å²) in [6.07, 6.45) is 0. The maximum Gasteiger partial charge on any atom is 0.253 e. The molecule has 7 nitrogen and oxygen atoms in total. The molecule has 2 N–H and O–H groups in total. The zero-order valence-corrected chi connectivity index (χ0v) is 19.4. The smallest absolute Gasteiger partial charge is 0.253 e. The number of anilines is 1. The number of H-pyrrole nitrogens is 1. The monoisotopic (exact) mass is 473 g/mol. The number of hydrogen-bond donors (Lipinski definition) is 2. The molecule has 0 radical (unpaired) electrons. The predicted molar refractivity (Wildman–Crippen MR) is 136 cm³/mol. The minimum absolute atomic E-state index is 0.168. The zero-order valence-electron chi connectivity index (χ0n) is 18.5. The van der Waals surface area contributed by atoms with Crippen LogP contribution in [0.3, 0.4) is 0 Å². The average molecular weight is 474 g/mol. The second kappa shape index (κ2) is 9.44. The molecule has 0 spiro atoms. The molecular formula is C26H23N3O4S. The number of para-hydroxylation sites is 1. The van der Waals surface area contributed by atoms with E-state index in [0.29, 0.717) is 35.3 Å². The van der Waals surface area contributed by atoms with Crippen LogP contribution in [0.2, 0.25) is 0 Å². The van der Waals surface area contributed by atoms with Crippen LogP contribution >= 0.6 is 12.2 Å². The Kier molecular flexibility index (Phi) is 6.05. The summed E-state index contributed by atoms with van der Waals surface area (Å²) in [5.74, 6) is 2.12. The third kappa shape index (κ3) is 4.67. The van der Waals surface area contributed by atoms with Gasteiger partial charge in [0.15, 0.2) is 16.6 Å². The van der Waals surface area contributed by atoms with Crippen molar-refractivity contribution in [3.8, 4) is 17.2 Å². The van der Waals surface area contributed by atoms with Gasteiger partial charge in [-0.25, -0.2) is 0 Å². The fourth-order valence-electron chi connectivity index (χ4n) is 3.86. The number of nitrogens with zero attached hydrogens (tertiary/aromatic N) is 1. The number of fused-ring (bicyclic) bond motifs is 2. The van der Waals surface area contributed by atoms with Crippen LogP contribution in [0, 0.1) is 0 Å². The molecule has 0 bridgehead atoms. The molecule has 8 heteroatoms. The second-order valence-corrected chi connectivity index (χ2v) is 8.30. The summed E-state index contributed by atoms with van der Waals surface area (Å²) in [6, 6.07) is 23.0. The highest BCUT2D eigenvalue weighted by atomic mass is 32.1. The summed E-state index contributed by atoms with van der Waals surface area (Å²) in [4.78, 5) is 17.9. The van der Waals surface area contributed by atoms with Gasteiger partial charge in [0, 0.05) is 23.9 Å². The summed E-state index contributed by atoms with van der Waals surface area (Å²) in [7, 11) is 1.60. The van der Waals surface area contributed by atoms with Crippen molar-refractivity contribution in [2.75, 3.05) is 19.2 Å². The number of pyridine rings is 1. The van der Waals surface area contributed by atoms with Gasteiger partial charge < -0.3 is 29.4 Å². The van der Waals surface area contributed by atoms with Crippen molar-refractivity contribution in [3.05, 3.63) is 94.3 Å². The van der Waals surface area contributed by atoms with E-state index in [9.17, 15) is 4.79 Å². The van der Waals surface area contributed by atoms with E-state index in [4.69, 9.17) is 26.4 Å². The van der Waals surface area contributed by atoms with Gasteiger partial charge in [0.2, 0.25) is 6.79 Å². The molecule has 1 aromatic heterocycles. The Hall–Kier alpha value is -4.04. The number of aromatic amines is 1. The topological polar surface area (TPSA) is 75.8 Å². The standard InChI is InChI=1S/C26H23N3O4S/c1-31-21-9-8-18-12-19(25(30)28-22(18)13-21)15-29(26(34)27-20-5-3-2-4-6-20)14-17-7-10-23-24(11-17)33-16-32-23/h2-13H,14-16H2,1H3,(H,27,34)(H,28,30). The Balaban J connectivity index is 1.45. The van der Waals surface area contributed by atoms with E-state index < -0.39 is 0 Å². The van der Waals surface area contributed by atoms with Crippen LogP contribution < -0.4 is 25.1 Å². The molecule has 1 aliphatic heterocycles. The van der Waals surface area contributed by atoms with Crippen molar-refractivity contribution in [1.82, 2.24) is 9.88 Å². The highest BCUT2D eigenvalue weighted by Crippen LogP contribution is 2.33. The Bertz CT molecular complexity index is 1400. The molecular weight excluding hydrogens is 450 g/mol. The number of methoxy groups -OCH3 is 1. The summed E-state index contributed by atoms with van der Waals surface area (Å²) < 4.78 is 16.2. The van der Waals surface area contributed by atoms with Gasteiger partial charge in [0.25, 0.3) is 5.56 Å². The summed E-state index contributed by atoms with van der Waals surface area (Å²) in [5.41, 5.74) is 3.03. The molecule has 172 valence electrons. The van der Waals surface area contributed by atoms with E-state index in [1.165, 1.54) is 0 Å². The average Bonchev–Trinajstić information content (AvgIpc) is 3.32. The van der Waals surface area contributed by atoms with E-state index in [1.807, 2.05) is 77.7 Å². The number of nitrogens with one attached hydrogen (secondary N) is 2. The van der Waals surface area contributed by atoms with E-state index >= 15 is 0 Å². The van der Waals surface area contributed by atoms with E-state index in [-0.39, 0.29) is 12.4 Å². The lowest BCUT2D eigenvalue weighted by Crippen LogP contribution is -2.35. The molecule has 0 atom stereocenters. The first-order valence-corrected chi connectivity index (χ1v) is 11.2. The number of aromatic nitrogens is 1. The van der Waals surface area contributed by atoms with Crippen molar-refractivity contribution in [1.29, 1.82) is 0 Å². The molecule has 0 saturated heterocycles. The van der Waals surface area contributed by atoms with Gasteiger partial charge in [0.1, 0.15) is 5.75 Å². The highest BCUT2D eigenvalue weighted by Gasteiger charge is 2.18. The summed E-state index contributed by atoms with van der Waals surface area (Å²) in [6.45, 7) is 1.02. The lowest BCUT2D eigenvalue weighted by molar-refractivity contribution is 0.174. The molecule has 1 aliphatic rings. The molecule has 3 aromatic carbocycles. The zero-order chi connectivity index (χ0) is 23.5. The van der Waals surface area contributed by atoms with Crippen molar-refractivity contribution in [2.45, 2.75) is 13.1 Å². The van der Waals surface area contributed by atoms with Gasteiger partial charge >= 0.3 is 0 Å². The first kappa shape index (κ1) is 21.8. The van der Waals surface area contributed by atoms with Crippen LogP contribution in [-0.2, 0) is 13.1 Å². The number of benzene rings is 3. The largest absolute Gasteiger partial charge is 0.497 e. The molecule has 0 saturated carbocycles. The van der Waals surface area contributed by atoms with Gasteiger partial charge in [-0.05, 0) is 65.6 Å². The minimum Gasteiger partial charge on any atom is -0.497 e. The third-order valence-electron chi connectivity index (χ3n) is 5.61. The Labute approximate surface area is 201 Å². The van der Waals surface area contributed by atoms with Crippen LogP contribution in [0.4, 0.5) is 5.69 Å². The third-order valence-corrected chi connectivity index (χ3v) is 5.97. The Morgan fingerprint density at radius 1 is 1.03 bits per heavy atom. The van der Waals surface area contributed by atoms with Crippen molar-refractivity contribution < 1.29 is 14.2 Å². The minimum atomic E-state index is -0.168. The summed E-state index contributed by atoms with van der Waals surface area (Å²) in [5, 5.41) is 4.71. The first-order chi connectivity index (χ1) is 16.6. The van der Waals surface area contributed by atoms with E-state index in [2.05, 4.69) is 10.3 Å². The number of rotatable bonds is 6. The molecule has 0 fully saturated rings. The molecule has 0 aliphatic carbocycles. The van der Waals surface area contributed by atoms with Gasteiger partial charge in [0.05, 0.1) is 19.2 Å². The molecule has 0 unspecified atom stereocenters. The van der Waals surface area contributed by atoms with Gasteiger partial charge in [-0.2, -0.15) is 0 Å². The summed E-state index contributed by atoms with van der Waals surface area (Å²) >= 11 is 5.76. The first-order valence-electron chi connectivity index (χ1n) is 10.8. The van der Waals surface area contributed by atoms with Gasteiger partial charge in [-0.15, -0.1) is 0 Å². The lowest BCUT2D eigenvalue weighted by Gasteiger charge is -2.26. The van der Waals surface area contributed by atoms with Crippen LogP contribution in [0.1, 0.15) is 11.1 Å². The van der Waals surface area contributed by atoms with Gasteiger partial charge in [-0.3, -0.25) is 4.79 Å². The number of ether oxygens (including phenoxy) is 3. The maximum atomic E-state index is 12.9. The molecule has 0 amide bonds. The van der Waals surface area contributed by atoms with Crippen molar-refractivity contribution >= 4 is 33.9 Å². The molecule has 5 rings (SSSR count). The quantitative estimate of drug-likeness (QED) is 0.394. The maximum absolute atomic E-state index is 12.9. The normalized spacial score (nSPS) is 11.9. The van der Waals surface area contributed by atoms with Crippen molar-refractivity contribution in [3.63, 3.8) is 0 Å². The fraction of sp³-hybridized carbons (Fsp3) is 0.154. The van der Waals surface area contributed by atoms with Gasteiger partial charge in [-0.1, -0.05) is 24.3 Å². The lowest BCUT2D eigenvalue weighted by atomic mass is 10.1. The SMILES string of the molecule is COc1ccc2cc(CN(Cc3ccc4c(c3)OCO4)C(=S)Nc3ccccc3)c(=O)[nH]c2c1. The van der Waals surface area contributed by atoms with E-state index in [0.717, 1.165) is 27.9 Å². The Morgan fingerprint density at radius 2 is 1.85 bits per heavy atom. The predicted octanol–water partition coefficient (Wildman–Crippen LogP) is 4.66.